The number of methoxy groups -OCH3 is 1. The van der Waals surface area contributed by atoms with Crippen molar-refractivity contribution in [3.05, 3.63) is 16.5 Å². The highest BCUT2D eigenvalue weighted by atomic mass is 35.5. The minimum atomic E-state index is 0.256. The molecule has 0 bridgehead atoms. The average Bonchev–Trinajstić information content (AvgIpc) is 3.16. The average molecular weight is 270 g/mol. The van der Waals surface area contributed by atoms with E-state index >= 15 is 0 Å². The van der Waals surface area contributed by atoms with Crippen molar-refractivity contribution >= 4 is 17.4 Å². The summed E-state index contributed by atoms with van der Waals surface area (Å²) in [5, 5.41) is 0.568. The molecule has 18 heavy (non-hydrogen) atoms. The third kappa shape index (κ3) is 2.75. The molecule has 1 saturated carbocycles. The molecule has 1 aromatic rings. The summed E-state index contributed by atoms with van der Waals surface area (Å²) < 4.78 is 5.19. The van der Waals surface area contributed by atoms with Gasteiger partial charge in [0.2, 0.25) is 0 Å². The van der Waals surface area contributed by atoms with Crippen LogP contribution in [0.4, 0.5) is 5.82 Å². The molecule has 1 atom stereocenters. The summed E-state index contributed by atoms with van der Waals surface area (Å²) >= 11 is 6.21. The molecule has 0 amide bonds. The van der Waals surface area contributed by atoms with Crippen LogP contribution in [0.15, 0.2) is 0 Å². The standard InChI is InChI=1S/C13H20ClN3O/c1-8(7-18-4)17(3)13-9(2)11(14)15-12(16-13)10-5-6-10/h8,10H,5-7H2,1-4H3. The minimum absolute atomic E-state index is 0.256. The van der Waals surface area contributed by atoms with Gasteiger partial charge >= 0.3 is 0 Å². The molecule has 0 aliphatic heterocycles. The van der Waals surface area contributed by atoms with Crippen LogP contribution in [0.25, 0.3) is 0 Å². The molecule has 5 heteroatoms. The van der Waals surface area contributed by atoms with Gasteiger partial charge in [0, 0.05) is 25.6 Å². The number of likely N-dealkylation sites (N-methyl/N-ethyl adjacent to an activating group) is 1. The van der Waals surface area contributed by atoms with E-state index in [4.69, 9.17) is 16.3 Å². The van der Waals surface area contributed by atoms with E-state index in [1.165, 1.54) is 12.8 Å². The Morgan fingerprint density at radius 2 is 2.11 bits per heavy atom. The van der Waals surface area contributed by atoms with Crippen LogP contribution < -0.4 is 4.90 Å². The van der Waals surface area contributed by atoms with Crippen molar-refractivity contribution < 1.29 is 4.74 Å². The first kappa shape index (κ1) is 13.6. The highest BCUT2D eigenvalue weighted by Crippen LogP contribution is 2.39. The molecule has 1 aromatic heterocycles. The highest BCUT2D eigenvalue weighted by molar-refractivity contribution is 6.30. The summed E-state index contributed by atoms with van der Waals surface area (Å²) in [7, 11) is 3.73. The van der Waals surface area contributed by atoms with Gasteiger partial charge in [-0.1, -0.05) is 11.6 Å². The van der Waals surface area contributed by atoms with Crippen LogP contribution in [-0.4, -0.2) is 36.8 Å². The summed E-state index contributed by atoms with van der Waals surface area (Å²) in [6.45, 7) is 4.73. The second-order valence-corrected chi connectivity index (χ2v) is 5.37. The van der Waals surface area contributed by atoms with E-state index in [9.17, 15) is 0 Å². The van der Waals surface area contributed by atoms with Crippen molar-refractivity contribution in [2.45, 2.75) is 38.6 Å². The molecule has 100 valence electrons. The van der Waals surface area contributed by atoms with Crippen molar-refractivity contribution in [1.29, 1.82) is 0 Å². The number of ether oxygens (including phenoxy) is 1. The highest BCUT2D eigenvalue weighted by Gasteiger charge is 2.29. The number of rotatable bonds is 5. The van der Waals surface area contributed by atoms with Crippen LogP contribution in [0.2, 0.25) is 5.15 Å². The lowest BCUT2D eigenvalue weighted by atomic mass is 10.2. The second-order valence-electron chi connectivity index (χ2n) is 5.01. The van der Waals surface area contributed by atoms with Crippen LogP contribution in [0.3, 0.4) is 0 Å². The maximum absolute atomic E-state index is 6.21. The Bertz CT molecular complexity index is 434. The monoisotopic (exact) mass is 269 g/mol. The maximum atomic E-state index is 6.21. The Labute approximate surface area is 113 Å². The normalized spacial score (nSPS) is 16.7. The summed E-state index contributed by atoms with van der Waals surface area (Å²) in [5.74, 6) is 2.31. The Balaban J connectivity index is 2.30. The zero-order valence-electron chi connectivity index (χ0n) is 11.4. The molecule has 0 N–H and O–H groups in total. The van der Waals surface area contributed by atoms with Crippen molar-refractivity contribution in [2.24, 2.45) is 0 Å². The van der Waals surface area contributed by atoms with Crippen LogP contribution in [0, 0.1) is 6.92 Å². The zero-order valence-corrected chi connectivity index (χ0v) is 12.2. The summed E-state index contributed by atoms with van der Waals surface area (Å²) in [4.78, 5) is 11.2. The Morgan fingerprint density at radius 3 is 2.67 bits per heavy atom. The number of halogens is 1. The minimum Gasteiger partial charge on any atom is -0.383 e. The van der Waals surface area contributed by atoms with E-state index in [0.29, 0.717) is 17.7 Å². The maximum Gasteiger partial charge on any atom is 0.137 e. The first-order valence-electron chi connectivity index (χ1n) is 6.30. The molecule has 2 rings (SSSR count). The molecule has 1 heterocycles. The number of hydrogen-bond donors (Lipinski definition) is 0. The lowest BCUT2D eigenvalue weighted by molar-refractivity contribution is 0.183. The molecule has 1 aliphatic rings. The molecular weight excluding hydrogens is 250 g/mol. The molecule has 1 unspecified atom stereocenters. The number of nitrogens with zero attached hydrogens (tertiary/aromatic N) is 3. The van der Waals surface area contributed by atoms with Crippen molar-refractivity contribution in [3.63, 3.8) is 0 Å². The molecular formula is C13H20ClN3O. The van der Waals surface area contributed by atoms with Gasteiger partial charge in [-0.3, -0.25) is 0 Å². The summed E-state index contributed by atoms with van der Waals surface area (Å²) in [6, 6.07) is 0.256. The van der Waals surface area contributed by atoms with E-state index in [-0.39, 0.29) is 6.04 Å². The van der Waals surface area contributed by atoms with Crippen molar-refractivity contribution in [1.82, 2.24) is 9.97 Å². The molecule has 0 radical (unpaired) electrons. The molecule has 1 aliphatic carbocycles. The van der Waals surface area contributed by atoms with Crippen LogP contribution in [-0.2, 0) is 4.74 Å². The van der Waals surface area contributed by atoms with E-state index in [2.05, 4.69) is 21.8 Å². The topological polar surface area (TPSA) is 38.2 Å². The largest absolute Gasteiger partial charge is 0.383 e. The van der Waals surface area contributed by atoms with Gasteiger partial charge in [0.1, 0.15) is 16.8 Å². The number of hydrogen-bond acceptors (Lipinski definition) is 4. The SMILES string of the molecule is COCC(C)N(C)c1nc(C2CC2)nc(Cl)c1C. The van der Waals surface area contributed by atoms with Gasteiger partial charge < -0.3 is 9.64 Å². The lowest BCUT2D eigenvalue weighted by Crippen LogP contribution is -2.34. The smallest absolute Gasteiger partial charge is 0.137 e. The number of anilines is 1. The van der Waals surface area contributed by atoms with Gasteiger partial charge in [0.05, 0.1) is 12.6 Å². The van der Waals surface area contributed by atoms with Gasteiger partial charge in [-0.15, -0.1) is 0 Å². The second kappa shape index (κ2) is 5.41. The predicted octanol–water partition coefficient (Wildman–Crippen LogP) is 2.79. The molecule has 0 saturated heterocycles. The molecule has 4 nitrogen and oxygen atoms in total. The van der Waals surface area contributed by atoms with E-state index < -0.39 is 0 Å². The fourth-order valence-corrected chi connectivity index (χ4v) is 2.09. The molecule has 0 spiro atoms. The van der Waals surface area contributed by atoms with Gasteiger partial charge in [-0.25, -0.2) is 9.97 Å². The van der Waals surface area contributed by atoms with Crippen LogP contribution in [0.5, 0.6) is 0 Å². The van der Waals surface area contributed by atoms with Crippen molar-refractivity contribution in [2.75, 3.05) is 25.7 Å². The van der Waals surface area contributed by atoms with E-state index in [0.717, 1.165) is 17.2 Å². The van der Waals surface area contributed by atoms with Gasteiger partial charge in [0.25, 0.3) is 0 Å². The summed E-state index contributed by atoms with van der Waals surface area (Å²) in [6.07, 6.45) is 2.35. The predicted molar refractivity (Wildman–Crippen MR) is 73.5 cm³/mol. The quantitative estimate of drug-likeness (QED) is 0.771. The summed E-state index contributed by atoms with van der Waals surface area (Å²) in [5.41, 5.74) is 0.937. The Kier molecular flexibility index (Phi) is 4.07. The first-order valence-corrected chi connectivity index (χ1v) is 6.68. The van der Waals surface area contributed by atoms with Gasteiger partial charge in [-0.2, -0.15) is 0 Å². The van der Waals surface area contributed by atoms with E-state index in [1.54, 1.807) is 7.11 Å². The fourth-order valence-electron chi connectivity index (χ4n) is 1.92. The zero-order chi connectivity index (χ0) is 13.3. The lowest BCUT2D eigenvalue weighted by Gasteiger charge is -2.27. The van der Waals surface area contributed by atoms with Crippen LogP contribution >= 0.6 is 11.6 Å². The van der Waals surface area contributed by atoms with Gasteiger partial charge in [-0.05, 0) is 26.7 Å². The van der Waals surface area contributed by atoms with Crippen molar-refractivity contribution in [3.8, 4) is 0 Å². The van der Waals surface area contributed by atoms with E-state index in [1.807, 2.05) is 14.0 Å². The first-order chi connectivity index (χ1) is 8.54. The molecule has 1 fully saturated rings. The molecule has 0 aromatic carbocycles. The Morgan fingerprint density at radius 1 is 1.44 bits per heavy atom. The van der Waals surface area contributed by atoms with Crippen LogP contribution in [0.1, 0.15) is 37.1 Å². The third-order valence-corrected chi connectivity index (χ3v) is 3.79. The third-order valence-electron chi connectivity index (χ3n) is 3.42. The number of aromatic nitrogens is 2. The fraction of sp³-hybridized carbons (Fsp3) is 0.692. The Hall–Kier alpha value is -0.870. The van der Waals surface area contributed by atoms with Gasteiger partial charge in [0.15, 0.2) is 0 Å².